The van der Waals surface area contributed by atoms with E-state index in [0.29, 0.717) is 18.0 Å². The first kappa shape index (κ1) is 24.9. The Morgan fingerprint density at radius 3 is 2.41 bits per heavy atom. The Morgan fingerprint density at radius 1 is 0.912 bits per heavy atom. The van der Waals surface area contributed by atoms with Crippen molar-refractivity contribution in [2.24, 2.45) is 4.99 Å². The Morgan fingerprint density at radius 2 is 1.68 bits per heavy atom. The van der Waals surface area contributed by atoms with Crippen molar-refractivity contribution in [3.05, 3.63) is 64.8 Å². The number of benzene rings is 2. The minimum atomic E-state index is -3.49. The van der Waals surface area contributed by atoms with Crippen molar-refractivity contribution in [3.8, 4) is 11.3 Å². The standard InChI is InChI=1S/C27H35N3O2S2/c1-2-3-4-12-20-30-26(22-33-27(30)28-24-15-8-7-9-16-24)23-14-13-17-25(21-23)34(31,32)29-18-10-5-6-11-19-29/h7-9,13-17,21-22H,2-6,10-12,18-20H2,1H3. The molecule has 34 heavy (non-hydrogen) atoms. The van der Waals surface area contributed by atoms with E-state index >= 15 is 0 Å². The number of para-hydroxylation sites is 1. The summed E-state index contributed by atoms with van der Waals surface area (Å²) in [5, 5.41) is 2.11. The van der Waals surface area contributed by atoms with Crippen LogP contribution in [0.2, 0.25) is 0 Å². The summed E-state index contributed by atoms with van der Waals surface area (Å²) in [6.07, 6.45) is 8.74. The minimum Gasteiger partial charge on any atom is -0.316 e. The first-order valence-corrected chi connectivity index (χ1v) is 14.8. The Hall–Kier alpha value is -2.22. The smallest absolute Gasteiger partial charge is 0.243 e. The van der Waals surface area contributed by atoms with E-state index in [2.05, 4.69) is 16.9 Å². The van der Waals surface area contributed by atoms with Crippen molar-refractivity contribution in [2.45, 2.75) is 69.7 Å². The molecule has 7 heteroatoms. The quantitative estimate of drug-likeness (QED) is 0.313. The number of sulfonamides is 1. The van der Waals surface area contributed by atoms with Crippen LogP contribution in [0.15, 0.2) is 69.9 Å². The first-order chi connectivity index (χ1) is 16.6. The molecule has 3 aromatic rings. The van der Waals surface area contributed by atoms with Gasteiger partial charge in [0.25, 0.3) is 0 Å². The predicted molar refractivity (Wildman–Crippen MR) is 141 cm³/mol. The Bertz CT molecular complexity index is 1220. The highest BCUT2D eigenvalue weighted by molar-refractivity contribution is 7.89. The summed E-state index contributed by atoms with van der Waals surface area (Å²) in [4.78, 5) is 6.23. The van der Waals surface area contributed by atoms with E-state index in [-0.39, 0.29) is 0 Å². The van der Waals surface area contributed by atoms with Gasteiger partial charge in [-0.2, -0.15) is 4.31 Å². The fourth-order valence-electron chi connectivity index (χ4n) is 4.42. The second kappa shape index (κ2) is 12.0. The Kier molecular flexibility index (Phi) is 8.75. The number of unbranched alkanes of at least 4 members (excludes halogenated alkanes) is 3. The van der Waals surface area contributed by atoms with Crippen molar-refractivity contribution in [1.82, 2.24) is 8.87 Å². The molecule has 0 bridgehead atoms. The second-order valence-corrected chi connectivity index (χ2v) is 11.7. The van der Waals surface area contributed by atoms with Gasteiger partial charge in [-0.05, 0) is 43.5 Å². The van der Waals surface area contributed by atoms with Crippen molar-refractivity contribution >= 4 is 27.0 Å². The molecule has 5 nitrogen and oxygen atoms in total. The van der Waals surface area contributed by atoms with Gasteiger partial charge in [0.1, 0.15) is 0 Å². The van der Waals surface area contributed by atoms with E-state index in [0.717, 1.165) is 60.4 Å². The largest absolute Gasteiger partial charge is 0.316 e. The van der Waals surface area contributed by atoms with Crippen LogP contribution in [0.4, 0.5) is 5.69 Å². The molecule has 2 heterocycles. The predicted octanol–water partition coefficient (Wildman–Crippen LogP) is 6.59. The molecule has 1 saturated heterocycles. The zero-order chi connectivity index (χ0) is 23.8. The van der Waals surface area contributed by atoms with E-state index in [4.69, 9.17) is 4.99 Å². The third-order valence-corrected chi connectivity index (χ3v) is 9.10. The number of hydrogen-bond donors (Lipinski definition) is 0. The maximum atomic E-state index is 13.4. The molecule has 0 N–H and O–H groups in total. The second-order valence-electron chi connectivity index (χ2n) is 8.91. The van der Waals surface area contributed by atoms with Crippen molar-refractivity contribution in [2.75, 3.05) is 13.1 Å². The molecular weight excluding hydrogens is 462 g/mol. The molecular formula is C27H35N3O2S2. The minimum absolute atomic E-state index is 0.386. The van der Waals surface area contributed by atoms with E-state index in [1.54, 1.807) is 21.7 Å². The van der Waals surface area contributed by atoms with Crippen LogP contribution in [0.5, 0.6) is 0 Å². The lowest BCUT2D eigenvalue weighted by atomic mass is 10.1. The van der Waals surface area contributed by atoms with Crippen LogP contribution in [-0.4, -0.2) is 30.4 Å². The maximum Gasteiger partial charge on any atom is 0.243 e. The van der Waals surface area contributed by atoms with Gasteiger partial charge in [-0.1, -0.05) is 69.4 Å². The van der Waals surface area contributed by atoms with Gasteiger partial charge in [0.15, 0.2) is 4.80 Å². The van der Waals surface area contributed by atoms with Crippen LogP contribution >= 0.6 is 11.3 Å². The molecule has 4 rings (SSSR count). The number of hydrogen-bond acceptors (Lipinski definition) is 4. The van der Waals surface area contributed by atoms with Gasteiger partial charge in [-0.3, -0.25) is 0 Å². The molecule has 0 unspecified atom stereocenters. The third-order valence-electron chi connectivity index (χ3n) is 6.35. The molecule has 0 saturated carbocycles. The molecule has 1 aromatic heterocycles. The summed E-state index contributed by atoms with van der Waals surface area (Å²) in [7, 11) is -3.49. The monoisotopic (exact) mass is 497 g/mol. The number of aromatic nitrogens is 1. The third kappa shape index (κ3) is 6.06. The highest BCUT2D eigenvalue weighted by Gasteiger charge is 2.25. The maximum absolute atomic E-state index is 13.4. The summed E-state index contributed by atoms with van der Waals surface area (Å²) in [6.45, 7) is 4.31. The van der Waals surface area contributed by atoms with Gasteiger partial charge < -0.3 is 4.57 Å². The highest BCUT2D eigenvalue weighted by atomic mass is 32.2. The fraction of sp³-hybridized carbons (Fsp3) is 0.444. The van der Waals surface area contributed by atoms with Crippen LogP contribution in [0, 0.1) is 0 Å². The van der Waals surface area contributed by atoms with Crippen LogP contribution in [0.25, 0.3) is 11.3 Å². The molecule has 0 aliphatic carbocycles. The topological polar surface area (TPSA) is 54.7 Å². The molecule has 1 aliphatic rings. The van der Waals surface area contributed by atoms with Crippen molar-refractivity contribution in [1.29, 1.82) is 0 Å². The van der Waals surface area contributed by atoms with Gasteiger partial charge in [0, 0.05) is 30.6 Å². The lowest BCUT2D eigenvalue weighted by molar-refractivity contribution is 0.424. The fourth-order valence-corrected chi connectivity index (χ4v) is 6.94. The number of rotatable bonds is 9. The van der Waals surface area contributed by atoms with Crippen LogP contribution < -0.4 is 4.80 Å². The lowest BCUT2D eigenvalue weighted by Gasteiger charge is -2.20. The molecule has 2 aromatic carbocycles. The number of thiazole rings is 1. The van der Waals surface area contributed by atoms with Gasteiger partial charge >= 0.3 is 0 Å². The van der Waals surface area contributed by atoms with Crippen molar-refractivity contribution < 1.29 is 8.42 Å². The van der Waals surface area contributed by atoms with Crippen LogP contribution in [0.3, 0.4) is 0 Å². The zero-order valence-corrected chi connectivity index (χ0v) is 21.7. The van der Waals surface area contributed by atoms with E-state index in [1.165, 1.54) is 19.3 Å². The lowest BCUT2D eigenvalue weighted by Crippen LogP contribution is -2.31. The molecule has 1 fully saturated rings. The molecule has 182 valence electrons. The average molecular weight is 498 g/mol. The van der Waals surface area contributed by atoms with Gasteiger partial charge in [0.05, 0.1) is 16.3 Å². The van der Waals surface area contributed by atoms with Crippen LogP contribution in [-0.2, 0) is 16.6 Å². The summed E-state index contributed by atoms with van der Waals surface area (Å²) < 4.78 is 30.7. The normalized spacial score (nSPS) is 16.0. The molecule has 1 aliphatic heterocycles. The number of nitrogens with zero attached hydrogens (tertiary/aromatic N) is 3. The summed E-state index contributed by atoms with van der Waals surface area (Å²) in [6, 6.07) is 17.5. The SMILES string of the molecule is CCCCCCn1c(-c2cccc(S(=O)(=O)N3CCCCCC3)c2)csc1=Nc1ccccc1. The summed E-state index contributed by atoms with van der Waals surface area (Å²) in [5.41, 5.74) is 2.89. The molecule has 0 radical (unpaired) electrons. The molecule has 0 amide bonds. The highest BCUT2D eigenvalue weighted by Crippen LogP contribution is 2.27. The van der Waals surface area contributed by atoms with E-state index in [9.17, 15) is 8.42 Å². The van der Waals surface area contributed by atoms with Gasteiger partial charge in [0.2, 0.25) is 10.0 Å². The van der Waals surface area contributed by atoms with Gasteiger partial charge in [-0.15, -0.1) is 11.3 Å². The first-order valence-electron chi connectivity index (χ1n) is 12.5. The van der Waals surface area contributed by atoms with E-state index < -0.39 is 10.0 Å². The Labute approximate surface area is 207 Å². The van der Waals surface area contributed by atoms with Gasteiger partial charge in [-0.25, -0.2) is 13.4 Å². The van der Waals surface area contributed by atoms with Crippen LogP contribution in [0.1, 0.15) is 58.3 Å². The van der Waals surface area contributed by atoms with Crippen molar-refractivity contribution in [3.63, 3.8) is 0 Å². The molecule has 0 spiro atoms. The van der Waals surface area contributed by atoms with E-state index in [1.807, 2.05) is 48.5 Å². The average Bonchev–Trinajstić information content (AvgIpc) is 3.05. The zero-order valence-electron chi connectivity index (χ0n) is 20.0. The summed E-state index contributed by atoms with van der Waals surface area (Å²) in [5.74, 6) is 0. The summed E-state index contributed by atoms with van der Waals surface area (Å²) >= 11 is 1.61. The molecule has 0 atom stereocenters. The Balaban J connectivity index is 1.70.